The molecule has 0 heterocycles. The molecule has 0 fully saturated rings. The number of carboxylic acid groups (broad SMARTS) is 1. The van der Waals surface area contributed by atoms with Gasteiger partial charge >= 0.3 is 5.97 Å². The molecular formula is C5H3BrCl2O2. The Labute approximate surface area is 76.2 Å². The predicted molar refractivity (Wildman–Crippen MR) is 44.4 cm³/mol. The summed E-state index contributed by atoms with van der Waals surface area (Å²) < 4.78 is -0.0330. The zero-order valence-corrected chi connectivity index (χ0v) is 7.74. The largest absolute Gasteiger partial charge is 0.477 e. The quantitative estimate of drug-likeness (QED) is 0.600. The monoisotopic (exact) mass is 244 g/mol. The molecule has 0 bridgehead atoms. The number of hydrogen-bond acceptors (Lipinski definition) is 1. The molecule has 0 rings (SSSR count). The van der Waals surface area contributed by atoms with Gasteiger partial charge in [-0.05, 0) is 22.0 Å². The number of halogens is 3. The van der Waals surface area contributed by atoms with Crippen LogP contribution in [0.1, 0.15) is 0 Å². The lowest BCUT2D eigenvalue weighted by atomic mass is 10.5. The van der Waals surface area contributed by atoms with Crippen molar-refractivity contribution in [3.8, 4) is 0 Å². The molecular weight excluding hydrogens is 243 g/mol. The summed E-state index contributed by atoms with van der Waals surface area (Å²) in [6.07, 6.45) is 1.19. The number of allylic oxidation sites excluding steroid dienone is 2. The second-order valence-electron chi connectivity index (χ2n) is 1.29. The molecule has 1 N–H and O–H groups in total. The number of rotatable bonds is 2. The van der Waals surface area contributed by atoms with Crippen LogP contribution in [0.15, 0.2) is 21.1 Å². The number of aliphatic carboxylic acids is 1. The minimum absolute atomic E-state index is 0.0330. The van der Waals surface area contributed by atoms with Gasteiger partial charge in [0.1, 0.15) is 4.48 Å². The molecule has 0 radical (unpaired) electrons. The fourth-order valence-corrected chi connectivity index (χ4v) is 0.765. The second-order valence-corrected chi connectivity index (χ2v) is 2.80. The summed E-state index contributed by atoms with van der Waals surface area (Å²) in [6.45, 7) is 0. The smallest absolute Gasteiger partial charge is 0.342 e. The molecule has 56 valence electrons. The first-order chi connectivity index (χ1) is 4.57. The van der Waals surface area contributed by atoms with Crippen molar-refractivity contribution in [1.82, 2.24) is 0 Å². The van der Waals surface area contributed by atoms with E-state index in [4.69, 9.17) is 28.3 Å². The molecule has 0 aromatic rings. The first-order valence-electron chi connectivity index (χ1n) is 2.14. The zero-order chi connectivity index (χ0) is 8.15. The predicted octanol–water partition coefficient (Wildman–Crippen LogP) is 2.67. The summed E-state index contributed by atoms with van der Waals surface area (Å²) in [4.78, 5) is 10.1. The van der Waals surface area contributed by atoms with Crippen LogP contribution in [-0.2, 0) is 4.79 Å². The minimum Gasteiger partial charge on any atom is -0.477 e. The Balaban J connectivity index is 4.31. The van der Waals surface area contributed by atoms with Crippen molar-refractivity contribution < 1.29 is 9.90 Å². The van der Waals surface area contributed by atoms with Gasteiger partial charge < -0.3 is 5.11 Å². The Morgan fingerprint density at radius 1 is 1.60 bits per heavy atom. The van der Waals surface area contributed by atoms with Crippen molar-refractivity contribution in [2.75, 3.05) is 0 Å². The third kappa shape index (κ3) is 3.93. The standard InChI is InChI=1S/C5H3BrCl2O2/c6-4(5(9)10)1-3(8)2-7/h1-2H,(H,9,10)/b3-2+,4-1+. The molecule has 2 nitrogen and oxygen atoms in total. The number of carboxylic acids is 1. The van der Waals surface area contributed by atoms with E-state index >= 15 is 0 Å². The normalized spacial score (nSPS) is 13.5. The molecule has 0 aliphatic rings. The van der Waals surface area contributed by atoms with Crippen LogP contribution in [0.2, 0.25) is 0 Å². The van der Waals surface area contributed by atoms with Gasteiger partial charge in [0, 0.05) is 5.54 Å². The summed E-state index contributed by atoms with van der Waals surface area (Å²) in [5.74, 6) is -1.09. The minimum atomic E-state index is -1.09. The first kappa shape index (κ1) is 10.0. The van der Waals surface area contributed by atoms with E-state index in [-0.39, 0.29) is 9.51 Å². The average Bonchev–Trinajstić information content (AvgIpc) is 1.87. The van der Waals surface area contributed by atoms with E-state index in [1.54, 1.807) is 0 Å². The zero-order valence-electron chi connectivity index (χ0n) is 4.64. The highest BCUT2D eigenvalue weighted by atomic mass is 79.9. The third-order valence-electron chi connectivity index (χ3n) is 0.573. The molecule has 10 heavy (non-hydrogen) atoms. The molecule has 0 unspecified atom stereocenters. The topological polar surface area (TPSA) is 37.3 Å². The van der Waals surface area contributed by atoms with Crippen LogP contribution in [0.3, 0.4) is 0 Å². The van der Waals surface area contributed by atoms with Crippen molar-refractivity contribution >= 4 is 45.1 Å². The summed E-state index contributed by atoms with van der Waals surface area (Å²) >= 11 is 13.3. The van der Waals surface area contributed by atoms with Crippen LogP contribution < -0.4 is 0 Å². The highest BCUT2D eigenvalue weighted by Crippen LogP contribution is 2.13. The summed E-state index contributed by atoms with van der Waals surface area (Å²) in [7, 11) is 0. The third-order valence-corrected chi connectivity index (χ3v) is 1.71. The van der Waals surface area contributed by atoms with Gasteiger partial charge in [-0.3, -0.25) is 0 Å². The van der Waals surface area contributed by atoms with Crippen LogP contribution in [-0.4, -0.2) is 11.1 Å². The Kier molecular flexibility index (Phi) is 4.77. The fraction of sp³-hybridized carbons (Fsp3) is 0. The highest BCUT2D eigenvalue weighted by molar-refractivity contribution is 9.12. The van der Waals surface area contributed by atoms with Crippen LogP contribution in [0.4, 0.5) is 0 Å². The summed E-state index contributed by atoms with van der Waals surface area (Å²) in [5.41, 5.74) is 1.08. The fourth-order valence-electron chi connectivity index (χ4n) is 0.214. The van der Waals surface area contributed by atoms with E-state index in [1.165, 1.54) is 6.08 Å². The van der Waals surface area contributed by atoms with Gasteiger partial charge in [0.05, 0.1) is 5.03 Å². The number of carbonyl (C=O) groups is 1. The highest BCUT2D eigenvalue weighted by Gasteiger charge is 2.01. The van der Waals surface area contributed by atoms with Gasteiger partial charge in [-0.25, -0.2) is 4.79 Å². The van der Waals surface area contributed by atoms with Crippen molar-refractivity contribution in [1.29, 1.82) is 0 Å². The molecule has 0 aromatic heterocycles. The molecule has 0 spiro atoms. The Hall–Kier alpha value is 0.01000. The maximum Gasteiger partial charge on any atom is 0.342 e. The molecule has 0 aliphatic carbocycles. The Morgan fingerprint density at radius 2 is 2.10 bits per heavy atom. The van der Waals surface area contributed by atoms with E-state index in [0.717, 1.165) is 5.54 Å². The Morgan fingerprint density at radius 3 is 2.40 bits per heavy atom. The molecule has 0 saturated carbocycles. The summed E-state index contributed by atoms with van der Waals surface area (Å²) in [5, 5.41) is 8.45. The van der Waals surface area contributed by atoms with E-state index < -0.39 is 5.97 Å². The van der Waals surface area contributed by atoms with E-state index in [0.29, 0.717) is 0 Å². The van der Waals surface area contributed by atoms with Gasteiger partial charge in [-0.15, -0.1) is 0 Å². The number of hydrogen-bond donors (Lipinski definition) is 1. The maximum absolute atomic E-state index is 10.1. The van der Waals surface area contributed by atoms with Crippen molar-refractivity contribution in [2.45, 2.75) is 0 Å². The van der Waals surface area contributed by atoms with E-state index in [9.17, 15) is 4.79 Å². The van der Waals surface area contributed by atoms with Gasteiger partial charge in [0.25, 0.3) is 0 Å². The molecule has 0 aromatic carbocycles. The molecule has 5 heteroatoms. The van der Waals surface area contributed by atoms with Crippen molar-refractivity contribution in [3.63, 3.8) is 0 Å². The first-order valence-corrected chi connectivity index (χ1v) is 3.75. The van der Waals surface area contributed by atoms with Crippen molar-refractivity contribution in [2.24, 2.45) is 0 Å². The lowest BCUT2D eigenvalue weighted by Crippen LogP contribution is -1.92. The lowest BCUT2D eigenvalue weighted by Gasteiger charge is -1.87. The molecule has 0 aliphatic heterocycles. The maximum atomic E-state index is 10.1. The van der Waals surface area contributed by atoms with Crippen LogP contribution >= 0.6 is 39.1 Å². The van der Waals surface area contributed by atoms with Gasteiger partial charge in [0.2, 0.25) is 0 Å². The van der Waals surface area contributed by atoms with Crippen molar-refractivity contribution in [3.05, 3.63) is 21.1 Å². The van der Waals surface area contributed by atoms with Crippen LogP contribution in [0, 0.1) is 0 Å². The molecule has 0 amide bonds. The van der Waals surface area contributed by atoms with Crippen LogP contribution in [0.25, 0.3) is 0 Å². The summed E-state index contributed by atoms with van der Waals surface area (Å²) in [6, 6.07) is 0. The molecule has 0 atom stereocenters. The SMILES string of the molecule is O=C(O)/C(Br)=C\C(Cl)=C/Cl. The Bertz CT molecular complexity index is 198. The van der Waals surface area contributed by atoms with E-state index in [2.05, 4.69) is 15.9 Å². The second kappa shape index (κ2) is 4.77. The van der Waals surface area contributed by atoms with Gasteiger partial charge in [-0.1, -0.05) is 23.2 Å². The van der Waals surface area contributed by atoms with E-state index in [1.807, 2.05) is 0 Å². The van der Waals surface area contributed by atoms with Crippen LogP contribution in [0.5, 0.6) is 0 Å². The average molecular weight is 246 g/mol. The van der Waals surface area contributed by atoms with Gasteiger partial charge in [0.15, 0.2) is 0 Å². The lowest BCUT2D eigenvalue weighted by molar-refractivity contribution is -0.131. The van der Waals surface area contributed by atoms with Gasteiger partial charge in [-0.2, -0.15) is 0 Å². The molecule has 0 saturated heterocycles.